The van der Waals surface area contributed by atoms with Crippen molar-refractivity contribution in [2.24, 2.45) is 4.40 Å². The first kappa shape index (κ1) is 19.8. The third kappa shape index (κ3) is 4.75. The van der Waals surface area contributed by atoms with Gasteiger partial charge in [-0.1, -0.05) is 17.7 Å². The lowest BCUT2D eigenvalue weighted by molar-refractivity contribution is 0.274. The highest BCUT2D eigenvalue weighted by molar-refractivity contribution is 7.90. The maximum absolute atomic E-state index is 12.5. The van der Waals surface area contributed by atoms with Crippen LogP contribution >= 0.6 is 22.9 Å². The number of nitrogens with zero attached hydrogens (tertiary/aromatic N) is 3. The number of hydrogen-bond donors (Lipinski definition) is 1. The van der Waals surface area contributed by atoms with Gasteiger partial charge in [0, 0.05) is 29.5 Å². The standard InChI is InChI=1S/C19H23ClN4O2S2/c20-15-4-5-17-18(13-15)28(25,26)22-19(21-17)14-24-8-2-7-23(10-11-24)9-6-16-3-1-12-27-16/h1,3-5,12-13H,2,6-11,14H2,(H,21,22). The van der Waals surface area contributed by atoms with Crippen molar-refractivity contribution in [1.82, 2.24) is 9.80 Å². The van der Waals surface area contributed by atoms with E-state index in [1.807, 2.05) is 11.3 Å². The Morgan fingerprint density at radius 3 is 2.79 bits per heavy atom. The molecule has 2 aliphatic rings. The molecule has 28 heavy (non-hydrogen) atoms. The number of amidine groups is 1. The molecule has 150 valence electrons. The van der Waals surface area contributed by atoms with E-state index in [0.717, 1.165) is 45.6 Å². The van der Waals surface area contributed by atoms with Crippen LogP contribution in [0.25, 0.3) is 0 Å². The average molecular weight is 439 g/mol. The molecule has 0 radical (unpaired) electrons. The van der Waals surface area contributed by atoms with Gasteiger partial charge in [0.1, 0.15) is 10.7 Å². The summed E-state index contributed by atoms with van der Waals surface area (Å²) in [6.45, 7) is 5.46. The van der Waals surface area contributed by atoms with Gasteiger partial charge in [0.2, 0.25) is 0 Å². The normalized spacial score (nSPS) is 20.1. The van der Waals surface area contributed by atoms with Crippen molar-refractivity contribution in [1.29, 1.82) is 0 Å². The molecule has 0 spiro atoms. The Morgan fingerprint density at radius 1 is 1.14 bits per heavy atom. The van der Waals surface area contributed by atoms with Crippen LogP contribution in [-0.4, -0.2) is 63.3 Å². The summed E-state index contributed by atoms with van der Waals surface area (Å²) in [5.74, 6) is 0.474. The monoisotopic (exact) mass is 438 g/mol. The van der Waals surface area contributed by atoms with Gasteiger partial charge in [-0.05, 0) is 55.6 Å². The van der Waals surface area contributed by atoms with Crippen molar-refractivity contribution in [2.75, 3.05) is 44.6 Å². The largest absolute Gasteiger partial charge is 0.341 e. The molecule has 1 aromatic heterocycles. The molecule has 1 saturated heterocycles. The molecule has 1 fully saturated rings. The molecule has 0 atom stereocenters. The molecule has 0 unspecified atom stereocenters. The van der Waals surface area contributed by atoms with E-state index in [-0.39, 0.29) is 4.90 Å². The summed E-state index contributed by atoms with van der Waals surface area (Å²) in [5, 5.41) is 5.67. The summed E-state index contributed by atoms with van der Waals surface area (Å²) in [4.78, 5) is 6.32. The van der Waals surface area contributed by atoms with Gasteiger partial charge in [0.15, 0.2) is 0 Å². The topological polar surface area (TPSA) is 65.0 Å². The number of anilines is 1. The third-order valence-corrected chi connectivity index (χ3v) is 7.57. The van der Waals surface area contributed by atoms with Crippen LogP contribution in [0.15, 0.2) is 45.0 Å². The Hall–Kier alpha value is -1.45. The third-order valence-electron chi connectivity index (χ3n) is 5.04. The van der Waals surface area contributed by atoms with Gasteiger partial charge >= 0.3 is 0 Å². The van der Waals surface area contributed by atoms with Crippen molar-refractivity contribution in [3.8, 4) is 0 Å². The maximum atomic E-state index is 12.5. The van der Waals surface area contributed by atoms with Gasteiger partial charge < -0.3 is 10.2 Å². The van der Waals surface area contributed by atoms with Gasteiger partial charge in [-0.2, -0.15) is 8.42 Å². The van der Waals surface area contributed by atoms with Gasteiger partial charge in [-0.15, -0.1) is 15.7 Å². The van der Waals surface area contributed by atoms with E-state index in [4.69, 9.17) is 11.6 Å². The fraction of sp³-hybridized carbons (Fsp3) is 0.421. The Labute approximate surface area is 174 Å². The van der Waals surface area contributed by atoms with E-state index in [9.17, 15) is 8.42 Å². The smallest absolute Gasteiger partial charge is 0.286 e. The maximum Gasteiger partial charge on any atom is 0.286 e. The minimum atomic E-state index is -3.71. The molecule has 6 nitrogen and oxygen atoms in total. The lowest BCUT2D eigenvalue weighted by Gasteiger charge is -2.24. The van der Waals surface area contributed by atoms with E-state index in [1.54, 1.807) is 12.1 Å². The van der Waals surface area contributed by atoms with E-state index in [0.29, 0.717) is 23.1 Å². The molecule has 1 aromatic carbocycles. The van der Waals surface area contributed by atoms with Gasteiger partial charge in [-0.25, -0.2) is 0 Å². The molecule has 4 rings (SSSR count). The second-order valence-electron chi connectivity index (χ2n) is 7.08. The lowest BCUT2D eigenvalue weighted by atomic mass is 10.3. The van der Waals surface area contributed by atoms with E-state index < -0.39 is 10.0 Å². The van der Waals surface area contributed by atoms with Crippen LogP contribution in [0.1, 0.15) is 11.3 Å². The molecule has 0 amide bonds. The molecule has 0 aliphatic carbocycles. The zero-order chi connectivity index (χ0) is 19.6. The zero-order valence-electron chi connectivity index (χ0n) is 15.5. The lowest BCUT2D eigenvalue weighted by Crippen LogP contribution is -2.38. The summed E-state index contributed by atoms with van der Waals surface area (Å²) >= 11 is 7.74. The van der Waals surface area contributed by atoms with Crippen LogP contribution in [0.2, 0.25) is 5.02 Å². The minimum Gasteiger partial charge on any atom is -0.341 e. The minimum absolute atomic E-state index is 0.138. The number of benzene rings is 1. The van der Waals surface area contributed by atoms with Crippen LogP contribution in [-0.2, 0) is 16.4 Å². The summed E-state index contributed by atoms with van der Waals surface area (Å²) in [6.07, 6.45) is 2.15. The zero-order valence-corrected chi connectivity index (χ0v) is 17.9. The van der Waals surface area contributed by atoms with Crippen molar-refractivity contribution in [3.05, 3.63) is 45.6 Å². The number of nitrogens with one attached hydrogen (secondary N) is 1. The molecule has 0 bridgehead atoms. The Morgan fingerprint density at radius 2 is 1.96 bits per heavy atom. The van der Waals surface area contributed by atoms with E-state index in [1.165, 1.54) is 10.9 Å². The summed E-state index contributed by atoms with van der Waals surface area (Å²) in [6, 6.07) is 9.11. The quantitative estimate of drug-likeness (QED) is 0.776. The Bertz CT molecular complexity index is 960. The summed E-state index contributed by atoms with van der Waals surface area (Å²) in [7, 11) is -3.71. The first-order chi connectivity index (χ1) is 13.5. The predicted octanol–water partition coefficient (Wildman–Crippen LogP) is 3.16. The molecule has 3 heterocycles. The molecule has 0 saturated carbocycles. The number of rotatable bonds is 5. The molecule has 2 aromatic rings. The second kappa shape index (κ2) is 8.51. The van der Waals surface area contributed by atoms with Crippen LogP contribution in [0.3, 0.4) is 0 Å². The summed E-state index contributed by atoms with van der Waals surface area (Å²) < 4.78 is 28.9. The van der Waals surface area contributed by atoms with Gasteiger partial charge in [0.05, 0.1) is 12.2 Å². The van der Waals surface area contributed by atoms with Crippen molar-refractivity contribution in [2.45, 2.75) is 17.7 Å². The number of hydrogen-bond acceptors (Lipinski definition) is 6. The predicted molar refractivity (Wildman–Crippen MR) is 115 cm³/mol. The van der Waals surface area contributed by atoms with E-state index in [2.05, 4.69) is 37.0 Å². The van der Waals surface area contributed by atoms with Crippen LogP contribution in [0.4, 0.5) is 5.69 Å². The molecule has 1 N–H and O–H groups in total. The number of fused-ring (bicyclic) bond motifs is 1. The molecular formula is C19H23ClN4O2S2. The van der Waals surface area contributed by atoms with Crippen molar-refractivity contribution < 1.29 is 8.42 Å². The van der Waals surface area contributed by atoms with Gasteiger partial charge in [-0.3, -0.25) is 4.90 Å². The molecule has 2 aliphatic heterocycles. The van der Waals surface area contributed by atoms with Crippen molar-refractivity contribution >= 4 is 44.5 Å². The Balaban J connectivity index is 1.36. The fourth-order valence-electron chi connectivity index (χ4n) is 3.59. The first-order valence-electron chi connectivity index (χ1n) is 9.37. The van der Waals surface area contributed by atoms with Crippen LogP contribution in [0.5, 0.6) is 0 Å². The summed E-state index contributed by atoms with van der Waals surface area (Å²) in [5.41, 5.74) is 0.543. The SMILES string of the molecule is O=S1(=O)N=C(CN2CCCN(CCc3cccs3)CC2)Nc2ccc(Cl)cc21. The highest BCUT2D eigenvalue weighted by atomic mass is 35.5. The van der Waals surface area contributed by atoms with Gasteiger partial charge in [0.25, 0.3) is 10.0 Å². The average Bonchev–Trinajstić information content (AvgIpc) is 3.07. The number of thiophene rings is 1. The van der Waals surface area contributed by atoms with E-state index >= 15 is 0 Å². The fourth-order valence-corrected chi connectivity index (χ4v) is 5.69. The molecular weight excluding hydrogens is 416 g/mol. The first-order valence-corrected chi connectivity index (χ1v) is 12.1. The highest BCUT2D eigenvalue weighted by Gasteiger charge is 2.26. The molecule has 9 heteroatoms. The number of halogens is 1. The second-order valence-corrected chi connectivity index (χ2v) is 10.1. The van der Waals surface area contributed by atoms with Crippen LogP contribution < -0.4 is 5.32 Å². The Kier molecular flexibility index (Phi) is 6.03. The number of sulfonamides is 1. The van der Waals surface area contributed by atoms with Crippen LogP contribution in [0, 0.1) is 0 Å². The highest BCUT2D eigenvalue weighted by Crippen LogP contribution is 2.30. The van der Waals surface area contributed by atoms with Crippen molar-refractivity contribution in [3.63, 3.8) is 0 Å².